The van der Waals surface area contributed by atoms with Crippen LogP contribution in [0.3, 0.4) is 0 Å². The van der Waals surface area contributed by atoms with Gasteiger partial charge in [-0.25, -0.2) is 9.59 Å². The summed E-state index contributed by atoms with van der Waals surface area (Å²) in [6.07, 6.45) is 1.11. The second-order valence-corrected chi connectivity index (χ2v) is 10.5. The number of carbonyl (C=O) groups excluding carboxylic acids is 2. The van der Waals surface area contributed by atoms with Crippen LogP contribution in [-0.4, -0.2) is 33.2 Å². The summed E-state index contributed by atoms with van der Waals surface area (Å²) in [5, 5.41) is 20.4. The maximum Gasteiger partial charge on any atom is 0.319 e. The van der Waals surface area contributed by atoms with E-state index in [1.54, 1.807) is 57.2 Å². The fourth-order valence-electron chi connectivity index (χ4n) is 3.76. The Morgan fingerprint density at radius 2 is 1.64 bits per heavy atom. The average Bonchev–Trinajstić information content (AvgIpc) is 2.83. The average molecular weight is 554 g/mol. The molecule has 2 aromatic carbocycles. The van der Waals surface area contributed by atoms with Gasteiger partial charge in [0.1, 0.15) is 5.69 Å². The number of amides is 4. The molecule has 0 saturated carbocycles. The van der Waals surface area contributed by atoms with Crippen molar-refractivity contribution in [3.63, 3.8) is 0 Å². The van der Waals surface area contributed by atoms with Crippen molar-refractivity contribution in [2.75, 3.05) is 10.6 Å². The Morgan fingerprint density at radius 1 is 0.974 bits per heavy atom. The molecule has 206 valence electrons. The lowest BCUT2D eigenvalue weighted by Crippen LogP contribution is -2.43. The molecule has 11 heteroatoms. The number of hydrogen-bond donors (Lipinski definition) is 5. The molecule has 5 N–H and O–H groups in total. The van der Waals surface area contributed by atoms with Crippen LogP contribution >= 0.6 is 11.6 Å². The van der Waals surface area contributed by atoms with Crippen molar-refractivity contribution >= 4 is 41.0 Å². The largest absolute Gasteiger partial charge is 0.481 e. The number of aryl methyl sites for hydroxylation is 1. The standard InChI is InChI=1S/C28H32ClN5O5/c1-17-9-11-18(12-10-17)22(15-23(35)36)31-26(38)32-24-21(30-27(39)33-28(2,3)4)13-14-34(25(24)37)16-19-7-5-6-8-20(19)29/h5-14,22H,15-16H2,1-4H3,(H,35,36)(H2,30,33,39)(H2,31,32,38)/t22-/m0/s1. The number of nitrogens with zero attached hydrogens (tertiary/aromatic N) is 1. The van der Waals surface area contributed by atoms with E-state index >= 15 is 0 Å². The molecular formula is C28H32ClN5O5. The predicted octanol–water partition coefficient (Wildman–Crippen LogP) is 5.12. The van der Waals surface area contributed by atoms with Crippen LogP contribution in [0, 0.1) is 6.92 Å². The lowest BCUT2D eigenvalue weighted by atomic mass is 10.0. The number of anilines is 2. The van der Waals surface area contributed by atoms with Gasteiger partial charge in [-0.1, -0.05) is 59.6 Å². The number of rotatable bonds is 8. The minimum atomic E-state index is -1.11. The van der Waals surface area contributed by atoms with Crippen LogP contribution in [-0.2, 0) is 11.3 Å². The summed E-state index contributed by atoms with van der Waals surface area (Å²) < 4.78 is 1.35. The van der Waals surface area contributed by atoms with E-state index in [4.69, 9.17) is 11.6 Å². The van der Waals surface area contributed by atoms with Gasteiger partial charge in [0.05, 0.1) is 24.7 Å². The minimum absolute atomic E-state index is 0.0671. The second-order valence-electron chi connectivity index (χ2n) is 10.1. The number of carbonyl (C=O) groups is 3. The fraction of sp³-hybridized carbons (Fsp3) is 0.286. The molecule has 39 heavy (non-hydrogen) atoms. The molecule has 1 aromatic heterocycles. The Balaban J connectivity index is 1.94. The second kappa shape index (κ2) is 12.5. The van der Waals surface area contributed by atoms with Crippen molar-refractivity contribution in [3.05, 3.63) is 92.9 Å². The topological polar surface area (TPSA) is 142 Å². The molecule has 4 amide bonds. The van der Waals surface area contributed by atoms with Gasteiger partial charge in [-0.2, -0.15) is 0 Å². The van der Waals surface area contributed by atoms with Crippen molar-refractivity contribution in [2.45, 2.75) is 52.2 Å². The maximum atomic E-state index is 13.5. The first-order chi connectivity index (χ1) is 18.3. The van der Waals surface area contributed by atoms with Gasteiger partial charge in [0.25, 0.3) is 5.56 Å². The van der Waals surface area contributed by atoms with E-state index in [0.717, 1.165) is 5.56 Å². The summed E-state index contributed by atoms with van der Waals surface area (Å²) in [6.45, 7) is 7.41. The predicted molar refractivity (Wildman–Crippen MR) is 151 cm³/mol. The van der Waals surface area contributed by atoms with E-state index in [1.807, 2.05) is 19.1 Å². The highest BCUT2D eigenvalue weighted by atomic mass is 35.5. The van der Waals surface area contributed by atoms with Crippen molar-refractivity contribution < 1.29 is 19.5 Å². The Bertz CT molecular complexity index is 1410. The van der Waals surface area contributed by atoms with Crippen molar-refractivity contribution in [1.29, 1.82) is 0 Å². The Labute approximate surface area is 231 Å². The van der Waals surface area contributed by atoms with Crippen molar-refractivity contribution in [3.8, 4) is 0 Å². The lowest BCUT2D eigenvalue weighted by Gasteiger charge is -2.22. The first-order valence-corrected chi connectivity index (χ1v) is 12.6. The third kappa shape index (κ3) is 8.61. The quantitative estimate of drug-likeness (QED) is 0.263. The lowest BCUT2D eigenvalue weighted by molar-refractivity contribution is -0.137. The third-order valence-electron chi connectivity index (χ3n) is 5.60. The highest BCUT2D eigenvalue weighted by Gasteiger charge is 2.22. The number of hydrogen-bond acceptors (Lipinski definition) is 4. The Hall–Kier alpha value is -4.31. The van der Waals surface area contributed by atoms with Gasteiger partial charge < -0.3 is 30.9 Å². The zero-order valence-electron chi connectivity index (χ0n) is 22.2. The van der Waals surface area contributed by atoms with Crippen LogP contribution in [0.1, 0.15) is 49.9 Å². The monoisotopic (exact) mass is 553 g/mol. The van der Waals surface area contributed by atoms with Crippen LogP contribution in [0.25, 0.3) is 0 Å². The molecule has 0 radical (unpaired) electrons. The van der Waals surface area contributed by atoms with Crippen LogP contribution in [0.15, 0.2) is 65.6 Å². The van der Waals surface area contributed by atoms with Gasteiger partial charge in [-0.05, 0) is 51.0 Å². The van der Waals surface area contributed by atoms with Gasteiger partial charge in [-0.15, -0.1) is 0 Å². The molecule has 0 unspecified atom stereocenters. The molecule has 10 nitrogen and oxygen atoms in total. The molecule has 0 fully saturated rings. The summed E-state index contributed by atoms with van der Waals surface area (Å²) >= 11 is 6.27. The van der Waals surface area contributed by atoms with Gasteiger partial charge in [0.2, 0.25) is 0 Å². The molecule has 0 aliphatic carbocycles. The van der Waals surface area contributed by atoms with E-state index < -0.39 is 35.2 Å². The van der Waals surface area contributed by atoms with Gasteiger partial charge in [0.15, 0.2) is 0 Å². The van der Waals surface area contributed by atoms with Crippen LogP contribution in [0.2, 0.25) is 5.02 Å². The number of carboxylic acids is 1. The molecular weight excluding hydrogens is 522 g/mol. The summed E-state index contributed by atoms with van der Waals surface area (Å²) in [5.74, 6) is -1.11. The van der Waals surface area contributed by atoms with Crippen LogP contribution < -0.4 is 26.8 Å². The molecule has 0 aliphatic heterocycles. The molecule has 0 aliphatic rings. The Kier molecular flexibility index (Phi) is 9.37. The zero-order chi connectivity index (χ0) is 28.7. The highest BCUT2D eigenvalue weighted by molar-refractivity contribution is 6.31. The summed E-state index contributed by atoms with van der Waals surface area (Å²) in [4.78, 5) is 50.6. The number of carboxylic acid groups (broad SMARTS) is 1. The summed E-state index contributed by atoms with van der Waals surface area (Å²) in [7, 11) is 0. The van der Waals surface area contributed by atoms with Crippen molar-refractivity contribution in [1.82, 2.24) is 15.2 Å². The van der Waals surface area contributed by atoms with Crippen LogP contribution in [0.5, 0.6) is 0 Å². The molecule has 0 bridgehead atoms. The first-order valence-electron chi connectivity index (χ1n) is 12.2. The number of halogens is 1. The molecule has 1 heterocycles. The Morgan fingerprint density at radius 3 is 2.26 bits per heavy atom. The van der Waals surface area contributed by atoms with E-state index in [2.05, 4.69) is 21.3 Å². The third-order valence-corrected chi connectivity index (χ3v) is 5.97. The van der Waals surface area contributed by atoms with E-state index in [0.29, 0.717) is 16.1 Å². The van der Waals surface area contributed by atoms with E-state index in [-0.39, 0.29) is 24.3 Å². The number of pyridine rings is 1. The van der Waals surface area contributed by atoms with E-state index in [1.165, 1.54) is 16.8 Å². The van der Waals surface area contributed by atoms with Crippen LogP contribution in [0.4, 0.5) is 21.0 Å². The number of urea groups is 2. The van der Waals surface area contributed by atoms with Gasteiger partial charge >= 0.3 is 18.0 Å². The number of benzene rings is 2. The first kappa shape index (κ1) is 29.2. The van der Waals surface area contributed by atoms with Crippen molar-refractivity contribution in [2.24, 2.45) is 0 Å². The molecule has 3 rings (SSSR count). The highest BCUT2D eigenvalue weighted by Crippen LogP contribution is 2.22. The fourth-order valence-corrected chi connectivity index (χ4v) is 3.96. The summed E-state index contributed by atoms with van der Waals surface area (Å²) in [6, 6.07) is 13.4. The van der Waals surface area contributed by atoms with E-state index in [9.17, 15) is 24.3 Å². The molecule has 1 atom stereocenters. The minimum Gasteiger partial charge on any atom is -0.481 e. The zero-order valence-corrected chi connectivity index (χ0v) is 22.9. The summed E-state index contributed by atoms with van der Waals surface area (Å²) in [5.41, 5.74) is 0.982. The molecule has 0 spiro atoms. The normalized spacial score (nSPS) is 11.8. The SMILES string of the molecule is Cc1ccc([C@H](CC(=O)O)NC(=O)Nc2c(NC(=O)NC(C)(C)C)ccn(Cc3ccccc3Cl)c2=O)cc1. The number of aliphatic carboxylic acids is 1. The molecule has 0 saturated heterocycles. The number of aromatic nitrogens is 1. The van der Waals surface area contributed by atoms with Gasteiger partial charge in [0, 0.05) is 16.8 Å². The smallest absolute Gasteiger partial charge is 0.319 e. The molecule has 3 aromatic rings. The van der Waals surface area contributed by atoms with Gasteiger partial charge in [-0.3, -0.25) is 9.59 Å². The number of nitrogens with one attached hydrogen (secondary N) is 4. The maximum absolute atomic E-state index is 13.5.